The zero-order valence-corrected chi connectivity index (χ0v) is 32.5. The smallest absolute Gasteiger partial charge is 0.457 e. The van der Waals surface area contributed by atoms with Crippen molar-refractivity contribution >= 4 is 19.8 Å². The number of hydrogen-bond donors (Lipinski definition) is 3. The standard InChI is InChI=1S/C39H73O10P/c1-3-5-7-9-11-13-15-16-17-18-19-21-23-25-27-29-31-39(43)49-37(33-41)35-47-50(44,45)46-34-36(32-40)48-38(42)30-28-26-24-22-20-14-12-10-8-6-4-2/h13,15,17-18,36-37,40-41H,3-12,14,16,19-35H2,1-2H3,(H,44,45)/b15-13-,18-17-. The zero-order valence-electron chi connectivity index (χ0n) is 31.6. The molecule has 3 atom stereocenters. The molecule has 0 bridgehead atoms. The Bertz CT molecular complexity index is 894. The average Bonchev–Trinajstić information content (AvgIpc) is 3.10. The summed E-state index contributed by atoms with van der Waals surface area (Å²) in [5, 5.41) is 19.1. The Morgan fingerprint density at radius 3 is 1.26 bits per heavy atom. The summed E-state index contributed by atoms with van der Waals surface area (Å²) in [6.07, 6.45) is 32.9. The number of rotatable bonds is 37. The van der Waals surface area contributed by atoms with E-state index in [4.69, 9.17) is 18.5 Å². The van der Waals surface area contributed by atoms with Gasteiger partial charge in [-0.25, -0.2) is 4.57 Å². The number of phosphoric acid groups is 1. The lowest BCUT2D eigenvalue weighted by molar-refractivity contribution is -0.153. The van der Waals surface area contributed by atoms with Crippen molar-refractivity contribution in [2.75, 3.05) is 26.4 Å². The van der Waals surface area contributed by atoms with Crippen LogP contribution in [0.25, 0.3) is 0 Å². The van der Waals surface area contributed by atoms with Crippen LogP contribution in [0.3, 0.4) is 0 Å². The molecule has 0 aliphatic rings. The van der Waals surface area contributed by atoms with Crippen molar-refractivity contribution in [3.05, 3.63) is 24.3 Å². The molecule has 0 saturated heterocycles. The predicted octanol–water partition coefficient (Wildman–Crippen LogP) is 9.83. The van der Waals surface area contributed by atoms with Crippen molar-refractivity contribution < 1.29 is 47.8 Å². The Balaban J connectivity index is 3.98. The fourth-order valence-corrected chi connectivity index (χ4v) is 6.10. The third-order valence-corrected chi connectivity index (χ3v) is 9.37. The van der Waals surface area contributed by atoms with E-state index >= 15 is 0 Å². The largest absolute Gasteiger partial charge is 0.472 e. The number of allylic oxidation sites excluding steroid dienone is 4. The second-order valence-corrected chi connectivity index (χ2v) is 14.7. The van der Waals surface area contributed by atoms with Crippen LogP contribution in [0.1, 0.15) is 174 Å². The molecule has 0 spiro atoms. The highest BCUT2D eigenvalue weighted by Gasteiger charge is 2.27. The van der Waals surface area contributed by atoms with Gasteiger partial charge in [0.15, 0.2) is 0 Å². The quantitative estimate of drug-likeness (QED) is 0.0244. The number of phosphoric ester groups is 1. The minimum absolute atomic E-state index is 0.178. The molecule has 0 fully saturated rings. The molecule has 3 N–H and O–H groups in total. The molecule has 0 amide bonds. The van der Waals surface area contributed by atoms with Crippen molar-refractivity contribution in [2.45, 2.75) is 187 Å². The SMILES string of the molecule is CCCCCC/C=C\C/C=C\CCCCCCCC(=O)OC(CO)COP(=O)(O)OCC(CO)OC(=O)CCCCCCCCCCCCC. The first kappa shape index (κ1) is 48.5. The summed E-state index contributed by atoms with van der Waals surface area (Å²) in [6.45, 7) is 2.16. The molecule has 0 aromatic heterocycles. The van der Waals surface area contributed by atoms with Crippen molar-refractivity contribution in [3.63, 3.8) is 0 Å². The van der Waals surface area contributed by atoms with Crippen LogP contribution >= 0.6 is 7.82 Å². The molecule has 0 aromatic rings. The third-order valence-electron chi connectivity index (χ3n) is 8.42. The van der Waals surface area contributed by atoms with E-state index < -0.39 is 58.4 Å². The number of aliphatic hydroxyl groups is 2. The molecule has 0 saturated carbocycles. The topological polar surface area (TPSA) is 149 Å². The first-order valence-electron chi connectivity index (χ1n) is 19.8. The predicted molar refractivity (Wildman–Crippen MR) is 201 cm³/mol. The normalized spacial score (nSPS) is 14.3. The molecule has 294 valence electrons. The number of unbranched alkanes of at least 4 members (excludes halogenated alkanes) is 19. The van der Waals surface area contributed by atoms with Gasteiger partial charge in [0.1, 0.15) is 12.2 Å². The highest BCUT2D eigenvalue weighted by molar-refractivity contribution is 7.47. The summed E-state index contributed by atoms with van der Waals surface area (Å²) in [6, 6.07) is 0. The number of aliphatic hydroxyl groups excluding tert-OH is 2. The molecular weight excluding hydrogens is 659 g/mol. The van der Waals surface area contributed by atoms with Crippen LogP contribution in [0.4, 0.5) is 0 Å². The molecule has 0 aliphatic heterocycles. The van der Waals surface area contributed by atoms with Gasteiger partial charge < -0.3 is 24.6 Å². The second-order valence-electron chi connectivity index (χ2n) is 13.3. The van der Waals surface area contributed by atoms with Gasteiger partial charge in [0, 0.05) is 12.8 Å². The van der Waals surface area contributed by atoms with E-state index in [1.165, 1.54) is 77.0 Å². The van der Waals surface area contributed by atoms with Gasteiger partial charge in [-0.05, 0) is 44.9 Å². The maximum absolute atomic E-state index is 12.3. The molecule has 0 rings (SSSR count). The fourth-order valence-electron chi connectivity index (χ4n) is 5.32. The lowest BCUT2D eigenvalue weighted by Crippen LogP contribution is -2.28. The van der Waals surface area contributed by atoms with Gasteiger partial charge in [0.25, 0.3) is 0 Å². The lowest BCUT2D eigenvalue weighted by Gasteiger charge is -2.20. The van der Waals surface area contributed by atoms with Gasteiger partial charge in [-0.15, -0.1) is 0 Å². The molecule has 0 heterocycles. The maximum Gasteiger partial charge on any atom is 0.472 e. The van der Waals surface area contributed by atoms with Crippen LogP contribution in [0.15, 0.2) is 24.3 Å². The number of hydrogen-bond acceptors (Lipinski definition) is 9. The Morgan fingerprint density at radius 1 is 0.540 bits per heavy atom. The van der Waals surface area contributed by atoms with Gasteiger partial charge in [-0.1, -0.05) is 141 Å². The van der Waals surface area contributed by atoms with Crippen LogP contribution in [-0.2, 0) is 32.7 Å². The highest BCUT2D eigenvalue weighted by atomic mass is 31.2. The third kappa shape index (κ3) is 33.6. The van der Waals surface area contributed by atoms with Crippen molar-refractivity contribution in [1.29, 1.82) is 0 Å². The number of ether oxygens (including phenoxy) is 2. The minimum atomic E-state index is -4.63. The van der Waals surface area contributed by atoms with Gasteiger partial charge >= 0.3 is 19.8 Å². The Labute approximate surface area is 304 Å². The van der Waals surface area contributed by atoms with Gasteiger partial charge in [-0.2, -0.15) is 0 Å². The summed E-state index contributed by atoms with van der Waals surface area (Å²) in [5.74, 6) is -1.03. The molecule has 3 unspecified atom stereocenters. The number of esters is 2. The van der Waals surface area contributed by atoms with Crippen LogP contribution in [0, 0.1) is 0 Å². The summed E-state index contributed by atoms with van der Waals surface area (Å²) in [7, 11) is -4.63. The van der Waals surface area contributed by atoms with E-state index in [2.05, 4.69) is 38.2 Å². The fraction of sp³-hybridized carbons (Fsp3) is 0.846. The Morgan fingerprint density at radius 2 is 0.880 bits per heavy atom. The minimum Gasteiger partial charge on any atom is -0.457 e. The van der Waals surface area contributed by atoms with E-state index in [9.17, 15) is 29.3 Å². The van der Waals surface area contributed by atoms with Crippen LogP contribution < -0.4 is 0 Å². The molecule has 0 radical (unpaired) electrons. The van der Waals surface area contributed by atoms with E-state index in [-0.39, 0.29) is 12.8 Å². The second kappa shape index (κ2) is 35.8. The van der Waals surface area contributed by atoms with E-state index in [0.29, 0.717) is 12.8 Å². The van der Waals surface area contributed by atoms with Crippen molar-refractivity contribution in [3.8, 4) is 0 Å². The van der Waals surface area contributed by atoms with Crippen LogP contribution in [0.5, 0.6) is 0 Å². The summed E-state index contributed by atoms with van der Waals surface area (Å²) in [5.41, 5.74) is 0. The molecular formula is C39H73O10P. The zero-order chi connectivity index (χ0) is 37.0. The molecule has 10 nitrogen and oxygen atoms in total. The first-order chi connectivity index (χ1) is 24.3. The molecule has 0 aromatic carbocycles. The van der Waals surface area contributed by atoms with Crippen molar-refractivity contribution in [2.24, 2.45) is 0 Å². The molecule has 0 aliphatic carbocycles. The van der Waals surface area contributed by atoms with Crippen molar-refractivity contribution in [1.82, 2.24) is 0 Å². The lowest BCUT2D eigenvalue weighted by atomic mass is 10.1. The summed E-state index contributed by atoms with van der Waals surface area (Å²) < 4.78 is 32.4. The van der Waals surface area contributed by atoms with Gasteiger partial charge in [0.05, 0.1) is 26.4 Å². The number of carbonyl (C=O) groups is 2. The highest BCUT2D eigenvalue weighted by Crippen LogP contribution is 2.43. The summed E-state index contributed by atoms with van der Waals surface area (Å²) in [4.78, 5) is 34.3. The van der Waals surface area contributed by atoms with Gasteiger partial charge in [0.2, 0.25) is 0 Å². The van der Waals surface area contributed by atoms with Gasteiger partial charge in [-0.3, -0.25) is 18.6 Å². The average molecular weight is 733 g/mol. The molecule has 50 heavy (non-hydrogen) atoms. The Hall–Kier alpha value is -1.55. The molecule has 11 heteroatoms. The van der Waals surface area contributed by atoms with Crippen LogP contribution in [-0.4, -0.2) is 65.7 Å². The first-order valence-corrected chi connectivity index (χ1v) is 21.3. The maximum atomic E-state index is 12.3. The Kier molecular flexibility index (Phi) is 34.7. The number of carbonyl (C=O) groups excluding carboxylic acids is 2. The van der Waals surface area contributed by atoms with Crippen LogP contribution in [0.2, 0.25) is 0 Å². The summed E-state index contributed by atoms with van der Waals surface area (Å²) >= 11 is 0. The monoisotopic (exact) mass is 732 g/mol. The van der Waals surface area contributed by atoms with E-state index in [0.717, 1.165) is 57.8 Å². The van der Waals surface area contributed by atoms with E-state index in [1.54, 1.807) is 0 Å². The van der Waals surface area contributed by atoms with E-state index in [1.807, 2.05) is 0 Å².